The molecule has 0 atom stereocenters. The highest BCUT2D eigenvalue weighted by atomic mass is 32.2. The number of nitrogens with two attached hydrogens (primary N) is 1. The van der Waals surface area contributed by atoms with Crippen molar-refractivity contribution in [2.24, 2.45) is 10.2 Å². The third-order valence-electron chi connectivity index (χ3n) is 7.07. The number of hydrogen-bond donors (Lipinski definition) is 2. The minimum atomic E-state index is -3.84. The third-order valence-corrected chi connectivity index (χ3v) is 7.97. The fourth-order valence-corrected chi connectivity index (χ4v) is 5.66. The lowest BCUT2D eigenvalue weighted by Gasteiger charge is -2.47. The molecule has 3 aromatic rings. The number of fused-ring (bicyclic) bond motifs is 4. The van der Waals surface area contributed by atoms with Gasteiger partial charge in [-0.3, -0.25) is 9.36 Å². The van der Waals surface area contributed by atoms with Crippen LogP contribution < -0.4 is 15.5 Å². The lowest BCUT2D eigenvalue weighted by atomic mass is 9.79. The third kappa shape index (κ3) is 4.31. The first-order chi connectivity index (χ1) is 17.5. The first-order valence-corrected chi connectivity index (χ1v) is 13.8. The van der Waals surface area contributed by atoms with Crippen LogP contribution in [0.1, 0.15) is 52.9 Å². The van der Waals surface area contributed by atoms with Gasteiger partial charge in [-0.25, -0.2) is 28.5 Å². The molecule has 1 aliphatic heterocycles. The van der Waals surface area contributed by atoms with Crippen molar-refractivity contribution in [2.75, 3.05) is 17.4 Å². The fraction of sp³-hybridized carbons (Fsp3) is 0.458. The zero-order valence-electron chi connectivity index (χ0n) is 21.3. The molecule has 196 valence electrons. The molecule has 13 heteroatoms. The van der Waals surface area contributed by atoms with Crippen LogP contribution in [0.4, 0.5) is 17.6 Å². The molecule has 3 N–H and O–H groups in total. The maximum atomic E-state index is 12.5. The molecule has 2 aliphatic rings. The van der Waals surface area contributed by atoms with Crippen LogP contribution in [0.5, 0.6) is 0 Å². The SMILES string of the molecule is CC(=O)N(C)C1=NN(C(C)C)c2cc3cnc(Nc4ccc(S(N)(=O)=O)cn4)nc3n2C12CCCCC2. The van der Waals surface area contributed by atoms with Crippen molar-refractivity contribution in [1.29, 1.82) is 0 Å². The first kappa shape index (κ1) is 25.1. The summed E-state index contributed by atoms with van der Waals surface area (Å²) in [5, 5.41) is 16.1. The molecule has 5 rings (SSSR count). The molecule has 0 aromatic carbocycles. The molecule has 1 saturated carbocycles. The van der Waals surface area contributed by atoms with E-state index in [1.807, 2.05) is 11.1 Å². The van der Waals surface area contributed by atoms with Crippen molar-refractivity contribution in [3.05, 3.63) is 30.6 Å². The molecule has 1 aliphatic carbocycles. The number of hydrogen-bond acceptors (Lipinski definition) is 9. The predicted molar refractivity (Wildman–Crippen MR) is 141 cm³/mol. The summed E-state index contributed by atoms with van der Waals surface area (Å²) >= 11 is 0. The number of primary sulfonamides is 1. The number of nitrogens with zero attached hydrogens (tertiary/aromatic N) is 7. The standard InChI is InChI=1S/C24H31N9O3S/c1-15(2)33-20-12-17-13-27-23(28-19-9-8-18(14-26-19)37(25,35)36)29-21(17)32(20)24(10-6-5-7-11-24)22(30-33)31(4)16(3)34/h8-9,12-15H,5-7,10-11H2,1-4H3,(H2,25,35,36)(H,26,27,28,29). The molecule has 1 spiro atoms. The number of rotatable bonds is 4. The Morgan fingerprint density at radius 1 is 1.16 bits per heavy atom. The van der Waals surface area contributed by atoms with E-state index in [-0.39, 0.29) is 16.8 Å². The fourth-order valence-electron chi connectivity index (χ4n) is 5.20. The van der Waals surface area contributed by atoms with Gasteiger partial charge in [0.15, 0.2) is 5.84 Å². The molecular formula is C24H31N9O3S. The molecular weight excluding hydrogens is 494 g/mol. The number of aromatic nitrogens is 4. The number of anilines is 3. The van der Waals surface area contributed by atoms with Crippen molar-refractivity contribution >= 4 is 50.4 Å². The molecule has 3 aromatic heterocycles. The number of pyridine rings is 1. The van der Waals surface area contributed by atoms with Gasteiger partial charge in [-0.1, -0.05) is 19.3 Å². The van der Waals surface area contributed by atoms with E-state index < -0.39 is 15.6 Å². The molecule has 4 heterocycles. The van der Waals surface area contributed by atoms with Crippen LogP contribution in [0, 0.1) is 0 Å². The van der Waals surface area contributed by atoms with Crippen molar-refractivity contribution < 1.29 is 13.2 Å². The first-order valence-electron chi connectivity index (χ1n) is 12.3. The number of amidine groups is 1. The number of amides is 1. The maximum absolute atomic E-state index is 12.5. The van der Waals surface area contributed by atoms with Gasteiger partial charge in [0, 0.05) is 37.8 Å². The summed E-state index contributed by atoms with van der Waals surface area (Å²) in [5.74, 6) is 2.27. The Balaban J connectivity index is 1.64. The predicted octanol–water partition coefficient (Wildman–Crippen LogP) is 2.90. The molecule has 1 amide bonds. The van der Waals surface area contributed by atoms with Crippen LogP contribution in [-0.4, -0.2) is 57.7 Å². The van der Waals surface area contributed by atoms with Crippen molar-refractivity contribution in [3.8, 4) is 0 Å². The molecule has 0 saturated heterocycles. The second-order valence-electron chi connectivity index (χ2n) is 9.89. The number of carbonyl (C=O) groups excluding carboxylic acids is 1. The van der Waals surface area contributed by atoms with Crippen LogP contribution >= 0.6 is 0 Å². The van der Waals surface area contributed by atoms with E-state index in [1.165, 1.54) is 18.3 Å². The normalized spacial score (nSPS) is 17.1. The Morgan fingerprint density at radius 3 is 2.49 bits per heavy atom. The van der Waals surface area contributed by atoms with E-state index in [1.54, 1.807) is 25.1 Å². The lowest BCUT2D eigenvalue weighted by Crippen LogP contribution is -2.56. The Bertz CT molecular complexity index is 1490. The minimum Gasteiger partial charge on any atom is -0.309 e. The summed E-state index contributed by atoms with van der Waals surface area (Å²) in [4.78, 5) is 27.6. The highest BCUT2D eigenvalue weighted by molar-refractivity contribution is 7.89. The zero-order chi connectivity index (χ0) is 26.5. The van der Waals surface area contributed by atoms with Crippen LogP contribution in [-0.2, 0) is 20.4 Å². The Labute approximate surface area is 215 Å². The van der Waals surface area contributed by atoms with E-state index in [9.17, 15) is 13.2 Å². The van der Waals surface area contributed by atoms with E-state index in [0.29, 0.717) is 11.8 Å². The monoisotopic (exact) mass is 525 g/mol. The van der Waals surface area contributed by atoms with Gasteiger partial charge in [-0.05, 0) is 44.9 Å². The highest BCUT2D eigenvalue weighted by Crippen LogP contribution is 2.46. The number of hydrazone groups is 1. The zero-order valence-corrected chi connectivity index (χ0v) is 22.2. The Kier molecular flexibility index (Phi) is 6.15. The summed E-state index contributed by atoms with van der Waals surface area (Å²) in [5.41, 5.74) is 0.216. The average molecular weight is 526 g/mol. The molecule has 0 bridgehead atoms. The summed E-state index contributed by atoms with van der Waals surface area (Å²) in [6.07, 6.45) is 7.78. The summed E-state index contributed by atoms with van der Waals surface area (Å²) < 4.78 is 25.3. The molecule has 37 heavy (non-hydrogen) atoms. The van der Waals surface area contributed by atoms with Crippen LogP contribution in [0.3, 0.4) is 0 Å². The summed E-state index contributed by atoms with van der Waals surface area (Å²) in [6, 6.07) is 4.98. The van der Waals surface area contributed by atoms with Gasteiger partial charge in [0.05, 0.1) is 0 Å². The Hall–Kier alpha value is -3.58. The van der Waals surface area contributed by atoms with Crippen molar-refractivity contribution in [3.63, 3.8) is 0 Å². The largest absolute Gasteiger partial charge is 0.309 e. The molecule has 12 nitrogen and oxygen atoms in total. The number of carbonyl (C=O) groups is 1. The molecule has 0 unspecified atom stereocenters. The van der Waals surface area contributed by atoms with E-state index in [4.69, 9.17) is 15.2 Å². The average Bonchev–Trinajstić information content (AvgIpc) is 3.23. The Morgan fingerprint density at radius 2 is 1.89 bits per heavy atom. The summed E-state index contributed by atoms with van der Waals surface area (Å²) in [6.45, 7) is 5.68. The highest BCUT2D eigenvalue weighted by Gasteiger charge is 2.48. The van der Waals surface area contributed by atoms with Gasteiger partial charge < -0.3 is 10.2 Å². The number of sulfonamides is 1. The van der Waals surface area contributed by atoms with Crippen LogP contribution in [0.15, 0.2) is 40.6 Å². The minimum absolute atomic E-state index is 0.0476. The number of likely N-dealkylation sites (N-methyl/N-ethyl adjacent to an activating group) is 1. The topological polar surface area (TPSA) is 152 Å². The van der Waals surface area contributed by atoms with E-state index in [2.05, 4.69) is 33.7 Å². The van der Waals surface area contributed by atoms with Gasteiger partial charge in [0.1, 0.15) is 27.7 Å². The number of nitrogens with one attached hydrogen (secondary N) is 1. The smallest absolute Gasteiger partial charge is 0.239 e. The van der Waals surface area contributed by atoms with Crippen LogP contribution in [0.2, 0.25) is 0 Å². The van der Waals surface area contributed by atoms with Gasteiger partial charge >= 0.3 is 0 Å². The molecule has 0 radical (unpaired) electrons. The maximum Gasteiger partial charge on any atom is 0.239 e. The quantitative estimate of drug-likeness (QED) is 0.527. The van der Waals surface area contributed by atoms with Crippen LogP contribution in [0.25, 0.3) is 11.0 Å². The van der Waals surface area contributed by atoms with E-state index in [0.717, 1.165) is 54.8 Å². The van der Waals surface area contributed by atoms with Crippen molar-refractivity contribution in [2.45, 2.75) is 69.4 Å². The molecule has 1 fully saturated rings. The van der Waals surface area contributed by atoms with Gasteiger partial charge in [-0.2, -0.15) is 10.1 Å². The van der Waals surface area contributed by atoms with Crippen molar-refractivity contribution in [1.82, 2.24) is 24.4 Å². The van der Waals surface area contributed by atoms with Gasteiger partial charge in [-0.15, -0.1) is 0 Å². The van der Waals surface area contributed by atoms with Gasteiger partial charge in [0.2, 0.25) is 21.9 Å². The lowest BCUT2D eigenvalue weighted by molar-refractivity contribution is -0.124. The second-order valence-corrected chi connectivity index (χ2v) is 11.5. The summed E-state index contributed by atoms with van der Waals surface area (Å²) in [7, 11) is -2.06. The van der Waals surface area contributed by atoms with Gasteiger partial charge in [0.25, 0.3) is 0 Å². The van der Waals surface area contributed by atoms with E-state index >= 15 is 0 Å². The second kappa shape index (κ2) is 9.06.